The van der Waals surface area contributed by atoms with Gasteiger partial charge in [0.25, 0.3) is 5.91 Å². The molecule has 2 aromatic carbocycles. The van der Waals surface area contributed by atoms with E-state index in [1.165, 1.54) is 11.0 Å². The van der Waals surface area contributed by atoms with E-state index in [0.29, 0.717) is 64.7 Å². The molecule has 288 valence electrons. The second kappa shape index (κ2) is 16.4. The number of nitrogen functional groups attached to an aromatic ring is 1. The molecule has 2 aromatic rings. The van der Waals surface area contributed by atoms with Crippen LogP contribution in [0.2, 0.25) is 5.02 Å². The average molecular weight is 765 g/mol. The molecule has 0 aromatic heterocycles. The Kier molecular flexibility index (Phi) is 11.9. The number of carboxylic acid groups (broad SMARTS) is 1. The number of nitrogens with one attached hydrogen (secondary N) is 1. The van der Waals surface area contributed by atoms with Crippen molar-refractivity contribution in [3.63, 3.8) is 0 Å². The predicted molar refractivity (Wildman–Crippen MR) is 188 cm³/mol. The molecule has 4 heterocycles. The molecule has 4 aliphatic heterocycles. The van der Waals surface area contributed by atoms with Gasteiger partial charge in [-0.25, -0.2) is 14.4 Å². The topological polar surface area (TPSA) is 158 Å². The normalized spacial score (nSPS) is 21.2. The number of amides is 4. The zero-order valence-electron chi connectivity index (χ0n) is 29.2. The lowest BCUT2D eigenvalue weighted by atomic mass is 10.00. The first-order chi connectivity index (χ1) is 25.3. The van der Waals surface area contributed by atoms with E-state index >= 15 is 0 Å². The number of urea groups is 1. The number of carbonyl (C=O) groups is 4. The summed E-state index contributed by atoms with van der Waals surface area (Å²) in [6.45, 7) is 2.64. The highest BCUT2D eigenvalue weighted by Crippen LogP contribution is 2.38. The van der Waals surface area contributed by atoms with Gasteiger partial charge < -0.3 is 40.3 Å². The lowest BCUT2D eigenvalue weighted by Gasteiger charge is -2.39. The van der Waals surface area contributed by atoms with E-state index in [1.807, 2.05) is 24.3 Å². The SMILES string of the molecule is Nc1c(Cl)cc(C[C@@H](OC(=O)N2CCC(N3CCc4ccccc4NC3=O)CC2)C(=O)N2CCC(N3CC[C@H](OCC(=O)O)C3)CC2)cc1C(F)(F)F. The molecule has 0 radical (unpaired) electrons. The number of likely N-dealkylation sites (tertiary alicyclic amines) is 3. The lowest BCUT2D eigenvalue weighted by molar-refractivity contribution is -0.144. The number of para-hydroxylation sites is 1. The summed E-state index contributed by atoms with van der Waals surface area (Å²) in [6, 6.07) is 9.50. The summed E-state index contributed by atoms with van der Waals surface area (Å²) in [5, 5.41) is 11.6. The number of aliphatic carboxylic acids is 1. The lowest BCUT2D eigenvalue weighted by Crippen LogP contribution is -2.52. The number of benzene rings is 2. The third-order valence-corrected chi connectivity index (χ3v) is 11.0. The van der Waals surface area contributed by atoms with Crippen LogP contribution >= 0.6 is 11.6 Å². The van der Waals surface area contributed by atoms with Crippen molar-refractivity contribution in [1.29, 1.82) is 0 Å². The van der Waals surface area contributed by atoms with Crippen molar-refractivity contribution in [2.45, 2.75) is 75.4 Å². The molecule has 17 heteroatoms. The summed E-state index contributed by atoms with van der Waals surface area (Å²) in [4.78, 5) is 58.6. The smallest absolute Gasteiger partial charge is 0.418 e. The van der Waals surface area contributed by atoms with Crippen LogP contribution in [0.1, 0.15) is 48.8 Å². The van der Waals surface area contributed by atoms with Crippen LogP contribution in [0.3, 0.4) is 0 Å². The van der Waals surface area contributed by atoms with Crippen molar-refractivity contribution in [2.24, 2.45) is 0 Å². The highest BCUT2D eigenvalue weighted by molar-refractivity contribution is 6.33. The number of nitrogens with two attached hydrogens (primary N) is 1. The summed E-state index contributed by atoms with van der Waals surface area (Å²) in [5.74, 6) is -1.56. The summed E-state index contributed by atoms with van der Waals surface area (Å²) in [5.41, 5.74) is 5.73. The third-order valence-electron chi connectivity index (χ3n) is 10.7. The number of anilines is 2. The highest BCUT2D eigenvalue weighted by atomic mass is 35.5. The molecular formula is C36H44ClF3N6O7. The van der Waals surface area contributed by atoms with Gasteiger partial charge in [0.05, 0.1) is 22.4 Å². The minimum atomic E-state index is -4.80. The van der Waals surface area contributed by atoms with Gasteiger partial charge in [0.2, 0.25) is 0 Å². The monoisotopic (exact) mass is 764 g/mol. The van der Waals surface area contributed by atoms with E-state index in [1.54, 1.807) is 9.80 Å². The van der Waals surface area contributed by atoms with E-state index in [-0.39, 0.29) is 60.9 Å². The molecule has 3 saturated heterocycles. The Morgan fingerprint density at radius 1 is 0.962 bits per heavy atom. The zero-order valence-corrected chi connectivity index (χ0v) is 29.9. The first-order valence-corrected chi connectivity index (χ1v) is 18.3. The Bertz CT molecular complexity index is 1680. The number of rotatable bonds is 9. The van der Waals surface area contributed by atoms with Crippen molar-refractivity contribution in [1.82, 2.24) is 19.6 Å². The minimum absolute atomic E-state index is 0.0360. The van der Waals surface area contributed by atoms with E-state index in [2.05, 4.69) is 10.2 Å². The van der Waals surface area contributed by atoms with Crippen LogP contribution in [-0.2, 0) is 38.1 Å². The summed E-state index contributed by atoms with van der Waals surface area (Å²) in [7, 11) is 0. The molecule has 3 fully saturated rings. The first-order valence-electron chi connectivity index (χ1n) is 17.9. The average Bonchev–Trinajstić information content (AvgIpc) is 3.54. The quantitative estimate of drug-likeness (QED) is 0.308. The molecule has 53 heavy (non-hydrogen) atoms. The maximum atomic E-state index is 14.0. The van der Waals surface area contributed by atoms with Crippen molar-refractivity contribution in [3.05, 3.63) is 58.1 Å². The van der Waals surface area contributed by atoms with Gasteiger partial charge in [0.1, 0.15) is 6.61 Å². The first kappa shape index (κ1) is 38.4. The fourth-order valence-electron chi connectivity index (χ4n) is 7.78. The molecule has 4 amide bonds. The van der Waals surface area contributed by atoms with E-state index in [0.717, 1.165) is 23.9 Å². The number of alkyl halides is 3. The number of hydrogen-bond acceptors (Lipinski definition) is 8. The molecular weight excluding hydrogens is 721 g/mol. The number of halogens is 4. The maximum Gasteiger partial charge on any atom is 0.418 e. The molecule has 0 saturated carbocycles. The van der Waals surface area contributed by atoms with Gasteiger partial charge in [0, 0.05) is 70.0 Å². The molecule has 0 bridgehead atoms. The molecule has 4 N–H and O–H groups in total. The van der Waals surface area contributed by atoms with Gasteiger partial charge in [-0.15, -0.1) is 0 Å². The van der Waals surface area contributed by atoms with E-state index in [9.17, 15) is 32.3 Å². The van der Waals surface area contributed by atoms with Crippen LogP contribution in [0.4, 0.5) is 34.1 Å². The van der Waals surface area contributed by atoms with Crippen LogP contribution in [0, 0.1) is 0 Å². The largest absolute Gasteiger partial charge is 0.480 e. The third kappa shape index (κ3) is 9.27. The van der Waals surface area contributed by atoms with Gasteiger partial charge in [-0.2, -0.15) is 13.2 Å². The molecule has 0 spiro atoms. The summed E-state index contributed by atoms with van der Waals surface area (Å²) in [6.07, 6.45) is -4.00. The molecule has 0 unspecified atom stereocenters. The van der Waals surface area contributed by atoms with Gasteiger partial charge >= 0.3 is 24.3 Å². The number of fused-ring (bicyclic) bond motifs is 1. The van der Waals surface area contributed by atoms with Crippen LogP contribution in [-0.4, -0.2) is 125 Å². The summed E-state index contributed by atoms with van der Waals surface area (Å²) >= 11 is 6.10. The van der Waals surface area contributed by atoms with Crippen molar-refractivity contribution in [2.75, 3.05) is 63.5 Å². The molecule has 6 rings (SSSR count). The highest BCUT2D eigenvalue weighted by Gasteiger charge is 2.39. The molecule has 13 nitrogen and oxygen atoms in total. The van der Waals surface area contributed by atoms with Gasteiger partial charge in [-0.05, 0) is 67.9 Å². The van der Waals surface area contributed by atoms with Crippen LogP contribution < -0.4 is 11.1 Å². The number of ether oxygens (including phenoxy) is 2. The Hall–Kier alpha value is -4.28. The van der Waals surface area contributed by atoms with Crippen molar-refractivity contribution < 1.29 is 46.9 Å². The molecule has 4 aliphatic rings. The second-order valence-corrected chi connectivity index (χ2v) is 14.4. The Balaban J connectivity index is 1.10. The Labute approximate surface area is 310 Å². The fourth-order valence-corrected chi connectivity index (χ4v) is 8.02. The molecule has 0 aliphatic carbocycles. The Morgan fingerprint density at radius 2 is 1.64 bits per heavy atom. The van der Waals surface area contributed by atoms with Gasteiger partial charge in [-0.3, -0.25) is 9.69 Å². The number of piperidine rings is 2. The van der Waals surface area contributed by atoms with Crippen molar-refractivity contribution >= 4 is 47.0 Å². The van der Waals surface area contributed by atoms with Crippen molar-refractivity contribution in [3.8, 4) is 0 Å². The summed E-state index contributed by atoms with van der Waals surface area (Å²) < 4.78 is 52.8. The predicted octanol–water partition coefficient (Wildman–Crippen LogP) is 4.71. The Morgan fingerprint density at radius 3 is 2.34 bits per heavy atom. The standard InChI is InChI=1S/C36H44ClF3N6O7/c37-28-18-22(17-27(32(28)41)36(38,39)40)19-30(33(49)43-11-6-24(7-12-43)45-15-10-26(20-45)52-21-31(47)48)53-35(51)44-13-8-25(9-14-44)46-16-5-23-3-1-2-4-29(23)42-34(46)50/h1-4,17-18,24-26,30H,5-16,19-21,41H2,(H,42,50)(H,47,48)/t26-,30+/m0/s1. The zero-order chi connectivity index (χ0) is 37.9. The minimum Gasteiger partial charge on any atom is -0.480 e. The van der Waals surface area contributed by atoms with Gasteiger partial charge in [0.15, 0.2) is 6.10 Å². The number of carboxylic acids is 1. The number of nitrogens with zero attached hydrogens (tertiary/aromatic N) is 4. The maximum absolute atomic E-state index is 14.0. The van der Waals surface area contributed by atoms with E-state index < -0.39 is 41.5 Å². The van der Waals surface area contributed by atoms with E-state index in [4.69, 9.17) is 31.9 Å². The van der Waals surface area contributed by atoms with Crippen LogP contribution in [0.5, 0.6) is 0 Å². The molecule has 2 atom stereocenters. The fraction of sp³-hybridized carbons (Fsp3) is 0.556. The van der Waals surface area contributed by atoms with Gasteiger partial charge in [-0.1, -0.05) is 29.8 Å². The van der Waals surface area contributed by atoms with Crippen LogP contribution in [0.25, 0.3) is 0 Å². The van der Waals surface area contributed by atoms with Crippen LogP contribution in [0.15, 0.2) is 36.4 Å². The second-order valence-electron chi connectivity index (χ2n) is 14.0. The number of carbonyl (C=O) groups excluding carboxylic acids is 3. The number of hydrogen-bond donors (Lipinski definition) is 3.